The molecule has 2 aromatic rings. The minimum absolute atomic E-state index is 0.225. The number of benzene rings is 1. The van der Waals surface area contributed by atoms with E-state index in [4.69, 9.17) is 0 Å². The van der Waals surface area contributed by atoms with Crippen LogP contribution in [0.15, 0.2) is 34.7 Å². The summed E-state index contributed by atoms with van der Waals surface area (Å²) < 4.78 is 26.8. The first-order valence-corrected chi connectivity index (χ1v) is 8.57. The van der Waals surface area contributed by atoms with Crippen LogP contribution in [-0.2, 0) is 16.6 Å². The maximum atomic E-state index is 12.2. The zero-order chi connectivity index (χ0) is 14.4. The lowest BCUT2D eigenvalue weighted by Gasteiger charge is -2.07. The number of rotatable bonds is 7. The first-order valence-electron chi connectivity index (χ1n) is 6.20. The van der Waals surface area contributed by atoms with E-state index in [9.17, 15) is 8.42 Å². The Bertz CT molecular complexity index is 641. The molecule has 2 N–H and O–H groups in total. The van der Waals surface area contributed by atoms with Crippen LogP contribution in [0.5, 0.6) is 0 Å². The van der Waals surface area contributed by atoms with Gasteiger partial charge in [0.1, 0.15) is 5.51 Å². The van der Waals surface area contributed by atoms with Crippen molar-refractivity contribution in [3.63, 3.8) is 0 Å². The molecule has 6 nitrogen and oxygen atoms in total. The Morgan fingerprint density at radius 2 is 2.20 bits per heavy atom. The highest BCUT2D eigenvalue weighted by molar-refractivity contribution is 7.93. The molecule has 0 radical (unpaired) electrons. The summed E-state index contributed by atoms with van der Waals surface area (Å²) in [6.07, 6.45) is 1.04. The van der Waals surface area contributed by atoms with Gasteiger partial charge in [0, 0.05) is 6.54 Å². The van der Waals surface area contributed by atoms with Crippen LogP contribution in [0.2, 0.25) is 0 Å². The van der Waals surface area contributed by atoms with Gasteiger partial charge in [0.05, 0.1) is 4.90 Å². The fraction of sp³-hybridized carbons (Fsp3) is 0.333. The van der Waals surface area contributed by atoms with Gasteiger partial charge in [0.25, 0.3) is 10.0 Å². The van der Waals surface area contributed by atoms with Crippen LogP contribution in [0.25, 0.3) is 0 Å². The number of sulfonamides is 1. The van der Waals surface area contributed by atoms with Gasteiger partial charge >= 0.3 is 0 Å². The predicted molar refractivity (Wildman–Crippen MR) is 79.2 cm³/mol. The van der Waals surface area contributed by atoms with Crippen LogP contribution in [-0.4, -0.2) is 25.2 Å². The maximum Gasteiger partial charge on any atom is 0.263 e. The fourth-order valence-electron chi connectivity index (χ4n) is 1.62. The number of aromatic nitrogens is 2. The van der Waals surface area contributed by atoms with E-state index in [0.29, 0.717) is 6.54 Å². The molecule has 0 aliphatic carbocycles. The van der Waals surface area contributed by atoms with Gasteiger partial charge in [-0.2, -0.15) is 0 Å². The van der Waals surface area contributed by atoms with Crippen LogP contribution < -0.4 is 10.0 Å². The monoisotopic (exact) mass is 312 g/mol. The molecule has 0 bridgehead atoms. The lowest BCUT2D eigenvalue weighted by molar-refractivity contribution is 0.600. The highest BCUT2D eigenvalue weighted by Crippen LogP contribution is 2.17. The van der Waals surface area contributed by atoms with Crippen LogP contribution >= 0.6 is 11.3 Å². The summed E-state index contributed by atoms with van der Waals surface area (Å²) in [6, 6.07) is 6.85. The van der Waals surface area contributed by atoms with E-state index in [1.807, 2.05) is 6.07 Å². The minimum Gasteiger partial charge on any atom is -0.313 e. The summed E-state index contributed by atoms with van der Waals surface area (Å²) >= 11 is 1.14. The van der Waals surface area contributed by atoms with Crippen molar-refractivity contribution < 1.29 is 8.42 Å². The smallest absolute Gasteiger partial charge is 0.263 e. The van der Waals surface area contributed by atoms with Gasteiger partial charge in [-0.15, -0.1) is 10.2 Å². The van der Waals surface area contributed by atoms with Crippen molar-refractivity contribution in [1.29, 1.82) is 0 Å². The van der Waals surface area contributed by atoms with Crippen molar-refractivity contribution in [1.82, 2.24) is 15.5 Å². The standard InChI is InChI=1S/C12H16N4O2S2/c1-2-6-13-8-10-4-3-5-11(7-10)20(17,18)16-12-15-14-9-19-12/h3-5,7,9,13H,2,6,8H2,1H3,(H,15,16). The summed E-state index contributed by atoms with van der Waals surface area (Å²) in [7, 11) is -3.61. The number of anilines is 1. The summed E-state index contributed by atoms with van der Waals surface area (Å²) in [5, 5.41) is 10.8. The Kier molecular flexibility index (Phi) is 5.05. The second-order valence-electron chi connectivity index (χ2n) is 4.17. The largest absolute Gasteiger partial charge is 0.313 e. The third-order valence-electron chi connectivity index (χ3n) is 2.55. The molecule has 2 rings (SSSR count). The Balaban J connectivity index is 2.13. The predicted octanol–water partition coefficient (Wildman–Crippen LogP) is 1.84. The van der Waals surface area contributed by atoms with E-state index >= 15 is 0 Å². The molecule has 0 amide bonds. The molecule has 0 spiro atoms. The lowest BCUT2D eigenvalue weighted by atomic mass is 10.2. The molecule has 8 heteroatoms. The molecular formula is C12H16N4O2S2. The SMILES string of the molecule is CCCNCc1cccc(S(=O)(=O)Nc2nncs2)c1. The van der Waals surface area contributed by atoms with E-state index in [0.717, 1.165) is 29.9 Å². The van der Waals surface area contributed by atoms with E-state index in [1.54, 1.807) is 18.2 Å². The maximum absolute atomic E-state index is 12.2. The third-order valence-corrected chi connectivity index (χ3v) is 4.62. The molecule has 0 aliphatic heterocycles. The number of hydrogen-bond acceptors (Lipinski definition) is 6. The molecule has 20 heavy (non-hydrogen) atoms. The Labute approximate surface area is 122 Å². The van der Waals surface area contributed by atoms with Gasteiger partial charge in [-0.25, -0.2) is 8.42 Å². The van der Waals surface area contributed by atoms with Crippen LogP contribution in [0.4, 0.5) is 5.13 Å². The molecule has 0 aliphatic rings. The molecular weight excluding hydrogens is 296 g/mol. The molecule has 0 atom stereocenters. The second kappa shape index (κ2) is 6.78. The van der Waals surface area contributed by atoms with E-state index in [2.05, 4.69) is 27.2 Å². The first kappa shape index (κ1) is 14.9. The molecule has 0 unspecified atom stereocenters. The van der Waals surface area contributed by atoms with Crippen LogP contribution in [0, 0.1) is 0 Å². The second-order valence-corrected chi connectivity index (χ2v) is 6.69. The average Bonchev–Trinajstić information content (AvgIpc) is 2.92. The number of nitrogens with zero attached hydrogens (tertiary/aromatic N) is 2. The molecule has 1 aromatic heterocycles. The topological polar surface area (TPSA) is 84.0 Å². The van der Waals surface area contributed by atoms with E-state index in [1.165, 1.54) is 5.51 Å². The van der Waals surface area contributed by atoms with Crippen molar-refractivity contribution in [2.75, 3.05) is 11.3 Å². The molecule has 1 heterocycles. The summed E-state index contributed by atoms with van der Waals surface area (Å²) in [4.78, 5) is 0.225. The van der Waals surface area contributed by atoms with Gasteiger partial charge in [-0.1, -0.05) is 30.4 Å². The van der Waals surface area contributed by atoms with E-state index < -0.39 is 10.0 Å². The van der Waals surface area contributed by atoms with Crippen molar-refractivity contribution in [2.45, 2.75) is 24.8 Å². The zero-order valence-corrected chi connectivity index (χ0v) is 12.7. The third kappa shape index (κ3) is 3.99. The van der Waals surface area contributed by atoms with Crippen molar-refractivity contribution in [3.8, 4) is 0 Å². The highest BCUT2D eigenvalue weighted by atomic mass is 32.2. The molecule has 1 aromatic carbocycles. The average molecular weight is 312 g/mol. The van der Waals surface area contributed by atoms with Crippen molar-refractivity contribution >= 4 is 26.5 Å². The van der Waals surface area contributed by atoms with Crippen LogP contribution in [0.3, 0.4) is 0 Å². The molecule has 0 fully saturated rings. The quantitative estimate of drug-likeness (QED) is 0.762. The summed E-state index contributed by atoms with van der Waals surface area (Å²) in [5.74, 6) is 0. The Morgan fingerprint density at radius 1 is 1.35 bits per heavy atom. The normalized spacial score (nSPS) is 11.4. The number of nitrogens with one attached hydrogen (secondary N) is 2. The Morgan fingerprint density at radius 3 is 2.90 bits per heavy atom. The van der Waals surface area contributed by atoms with Gasteiger partial charge in [0.2, 0.25) is 5.13 Å². The molecule has 108 valence electrons. The summed E-state index contributed by atoms with van der Waals surface area (Å²) in [5.41, 5.74) is 2.40. The van der Waals surface area contributed by atoms with Crippen molar-refractivity contribution in [3.05, 3.63) is 35.3 Å². The first-order chi connectivity index (χ1) is 9.62. The fourth-order valence-corrected chi connectivity index (χ4v) is 3.39. The van der Waals surface area contributed by atoms with Gasteiger partial charge in [-0.05, 0) is 30.7 Å². The number of hydrogen-bond donors (Lipinski definition) is 2. The van der Waals surface area contributed by atoms with Gasteiger partial charge in [-0.3, -0.25) is 4.72 Å². The molecule has 0 saturated heterocycles. The van der Waals surface area contributed by atoms with E-state index in [-0.39, 0.29) is 10.0 Å². The highest BCUT2D eigenvalue weighted by Gasteiger charge is 2.15. The van der Waals surface area contributed by atoms with Gasteiger partial charge in [0.15, 0.2) is 0 Å². The van der Waals surface area contributed by atoms with Crippen LogP contribution in [0.1, 0.15) is 18.9 Å². The Hall–Kier alpha value is -1.51. The zero-order valence-electron chi connectivity index (χ0n) is 11.0. The van der Waals surface area contributed by atoms with Gasteiger partial charge < -0.3 is 5.32 Å². The lowest BCUT2D eigenvalue weighted by Crippen LogP contribution is -2.16. The summed E-state index contributed by atoms with van der Waals surface area (Å²) in [6.45, 7) is 3.63. The minimum atomic E-state index is -3.61. The molecule has 0 saturated carbocycles. The van der Waals surface area contributed by atoms with Crippen molar-refractivity contribution in [2.24, 2.45) is 0 Å².